The summed E-state index contributed by atoms with van der Waals surface area (Å²) in [4.78, 5) is 0. The van der Waals surface area contributed by atoms with E-state index in [1.54, 1.807) is 6.20 Å². The Kier molecular flexibility index (Phi) is 5.08. The van der Waals surface area contributed by atoms with Gasteiger partial charge in [0.2, 0.25) is 0 Å². The van der Waals surface area contributed by atoms with Crippen molar-refractivity contribution in [2.45, 2.75) is 32.9 Å². The second-order valence-electron chi connectivity index (χ2n) is 4.93. The van der Waals surface area contributed by atoms with Crippen LogP contribution in [0.2, 0.25) is 10.0 Å². The number of halogens is 2. The molecule has 0 fully saturated rings. The molecule has 3 nitrogen and oxygen atoms in total. The highest BCUT2D eigenvalue weighted by atomic mass is 35.5. The lowest BCUT2D eigenvalue weighted by molar-refractivity contribution is 0.476. The van der Waals surface area contributed by atoms with Crippen molar-refractivity contribution in [2.24, 2.45) is 0 Å². The zero-order chi connectivity index (χ0) is 14.7. The minimum absolute atomic E-state index is 0.0638. The summed E-state index contributed by atoms with van der Waals surface area (Å²) < 4.78 is 1.94. The van der Waals surface area contributed by atoms with Crippen LogP contribution in [0.3, 0.4) is 0 Å². The van der Waals surface area contributed by atoms with E-state index in [4.69, 9.17) is 23.2 Å². The van der Waals surface area contributed by atoms with Gasteiger partial charge in [-0.05, 0) is 32.0 Å². The second-order valence-corrected chi connectivity index (χ2v) is 5.74. The van der Waals surface area contributed by atoms with Gasteiger partial charge in [0.25, 0.3) is 0 Å². The standard InChI is InChI=1S/C15H19Cl2N3/c1-4-18-14(11-7-5-6-8-12(11)16)15-13(17)9-19-20(15)10(2)3/h5-10,14,18H,4H2,1-3H3. The normalized spacial score (nSPS) is 12.9. The van der Waals surface area contributed by atoms with Crippen molar-refractivity contribution in [3.05, 3.63) is 51.8 Å². The third-order valence-corrected chi connectivity index (χ3v) is 3.81. The summed E-state index contributed by atoms with van der Waals surface area (Å²) in [6.07, 6.45) is 1.69. The number of nitrogens with one attached hydrogen (secondary N) is 1. The van der Waals surface area contributed by atoms with Crippen LogP contribution in [-0.4, -0.2) is 16.3 Å². The molecule has 108 valence electrons. The molecule has 0 aliphatic rings. The SMILES string of the molecule is CCNC(c1ccccc1Cl)c1c(Cl)cnn1C(C)C. The highest BCUT2D eigenvalue weighted by molar-refractivity contribution is 6.32. The van der Waals surface area contributed by atoms with E-state index in [1.165, 1.54) is 0 Å². The number of aromatic nitrogens is 2. The molecule has 1 atom stereocenters. The molecule has 1 aromatic carbocycles. The first-order valence-electron chi connectivity index (χ1n) is 6.77. The van der Waals surface area contributed by atoms with Crippen molar-refractivity contribution in [3.8, 4) is 0 Å². The Morgan fingerprint density at radius 3 is 2.50 bits per heavy atom. The topological polar surface area (TPSA) is 29.9 Å². The van der Waals surface area contributed by atoms with Crippen LogP contribution < -0.4 is 5.32 Å². The van der Waals surface area contributed by atoms with E-state index >= 15 is 0 Å². The molecule has 1 unspecified atom stereocenters. The average molecular weight is 312 g/mol. The zero-order valence-electron chi connectivity index (χ0n) is 11.9. The molecule has 20 heavy (non-hydrogen) atoms. The largest absolute Gasteiger partial charge is 0.305 e. The predicted molar refractivity (Wildman–Crippen MR) is 84.6 cm³/mol. The predicted octanol–water partition coefficient (Wildman–Crippen LogP) is 4.47. The number of rotatable bonds is 5. The van der Waals surface area contributed by atoms with Crippen molar-refractivity contribution >= 4 is 23.2 Å². The van der Waals surface area contributed by atoms with Crippen molar-refractivity contribution in [1.29, 1.82) is 0 Å². The first-order valence-corrected chi connectivity index (χ1v) is 7.52. The summed E-state index contributed by atoms with van der Waals surface area (Å²) in [5.41, 5.74) is 1.97. The molecule has 1 aromatic heterocycles. The molecule has 2 aromatic rings. The first kappa shape index (κ1) is 15.4. The summed E-state index contributed by atoms with van der Waals surface area (Å²) in [6.45, 7) is 7.05. The monoisotopic (exact) mass is 311 g/mol. The van der Waals surface area contributed by atoms with Crippen LogP contribution in [0.25, 0.3) is 0 Å². The van der Waals surface area contributed by atoms with Crippen LogP contribution >= 0.6 is 23.2 Å². The maximum Gasteiger partial charge on any atom is 0.0837 e. The Hall–Kier alpha value is -1.03. The van der Waals surface area contributed by atoms with E-state index in [9.17, 15) is 0 Å². The molecule has 0 saturated heterocycles. The number of nitrogens with zero attached hydrogens (tertiary/aromatic N) is 2. The van der Waals surface area contributed by atoms with E-state index < -0.39 is 0 Å². The molecule has 0 radical (unpaired) electrons. The van der Waals surface area contributed by atoms with Crippen LogP contribution in [0.15, 0.2) is 30.5 Å². The number of hydrogen-bond donors (Lipinski definition) is 1. The van der Waals surface area contributed by atoms with Crippen LogP contribution in [0.5, 0.6) is 0 Å². The van der Waals surface area contributed by atoms with Gasteiger partial charge in [0.15, 0.2) is 0 Å². The van der Waals surface area contributed by atoms with Gasteiger partial charge in [0.05, 0.1) is 23.0 Å². The third-order valence-electron chi connectivity index (χ3n) is 3.17. The van der Waals surface area contributed by atoms with Gasteiger partial charge in [-0.2, -0.15) is 5.10 Å². The fourth-order valence-corrected chi connectivity index (χ4v) is 2.78. The van der Waals surface area contributed by atoms with E-state index in [-0.39, 0.29) is 12.1 Å². The molecule has 2 rings (SSSR count). The van der Waals surface area contributed by atoms with Gasteiger partial charge in [-0.25, -0.2) is 0 Å². The summed E-state index contributed by atoms with van der Waals surface area (Å²) in [5.74, 6) is 0. The van der Waals surface area contributed by atoms with Crippen LogP contribution in [-0.2, 0) is 0 Å². The van der Waals surface area contributed by atoms with Gasteiger partial charge in [0.1, 0.15) is 0 Å². The molecule has 1 heterocycles. The van der Waals surface area contributed by atoms with Gasteiger partial charge in [0, 0.05) is 11.1 Å². The maximum absolute atomic E-state index is 6.36. The third kappa shape index (κ3) is 3.00. The van der Waals surface area contributed by atoms with Crippen LogP contribution in [0.4, 0.5) is 0 Å². The lowest BCUT2D eigenvalue weighted by atomic mass is 10.0. The van der Waals surface area contributed by atoms with Crippen molar-refractivity contribution in [2.75, 3.05) is 6.54 Å². The Balaban J connectivity index is 2.55. The van der Waals surface area contributed by atoms with Gasteiger partial charge in [-0.3, -0.25) is 4.68 Å². The molecule has 0 bridgehead atoms. The molecule has 1 N–H and O–H groups in total. The lowest BCUT2D eigenvalue weighted by Gasteiger charge is -2.23. The quantitative estimate of drug-likeness (QED) is 0.883. The maximum atomic E-state index is 6.36. The fourth-order valence-electron chi connectivity index (χ4n) is 2.30. The summed E-state index contributed by atoms with van der Waals surface area (Å²) in [5, 5.41) is 9.21. The minimum atomic E-state index is -0.0638. The second kappa shape index (κ2) is 6.61. The summed E-state index contributed by atoms with van der Waals surface area (Å²) in [6, 6.07) is 7.99. The fraction of sp³-hybridized carbons (Fsp3) is 0.400. The first-order chi connectivity index (χ1) is 9.56. The van der Waals surface area contributed by atoms with E-state index in [2.05, 4.69) is 31.2 Å². The lowest BCUT2D eigenvalue weighted by Crippen LogP contribution is -2.26. The molecule has 0 amide bonds. The van der Waals surface area contributed by atoms with Gasteiger partial charge in [-0.1, -0.05) is 48.3 Å². The molecular weight excluding hydrogens is 293 g/mol. The van der Waals surface area contributed by atoms with Gasteiger partial charge in [-0.15, -0.1) is 0 Å². The van der Waals surface area contributed by atoms with Crippen molar-refractivity contribution < 1.29 is 0 Å². The van der Waals surface area contributed by atoms with Gasteiger partial charge < -0.3 is 5.32 Å². The molecule has 0 spiro atoms. The number of hydrogen-bond acceptors (Lipinski definition) is 2. The molecule has 5 heteroatoms. The molecule has 0 saturated carbocycles. The minimum Gasteiger partial charge on any atom is -0.305 e. The van der Waals surface area contributed by atoms with Crippen LogP contribution in [0, 0.1) is 0 Å². The Morgan fingerprint density at radius 1 is 1.20 bits per heavy atom. The van der Waals surface area contributed by atoms with Crippen molar-refractivity contribution in [1.82, 2.24) is 15.1 Å². The summed E-state index contributed by atoms with van der Waals surface area (Å²) in [7, 11) is 0. The smallest absolute Gasteiger partial charge is 0.0837 e. The molecule has 0 aliphatic carbocycles. The van der Waals surface area contributed by atoms with Gasteiger partial charge >= 0.3 is 0 Å². The van der Waals surface area contributed by atoms with E-state index in [1.807, 2.05) is 28.9 Å². The number of benzene rings is 1. The Labute approximate surface area is 129 Å². The summed E-state index contributed by atoms with van der Waals surface area (Å²) >= 11 is 12.7. The highest BCUT2D eigenvalue weighted by Crippen LogP contribution is 2.33. The zero-order valence-corrected chi connectivity index (χ0v) is 13.4. The Bertz CT molecular complexity index is 578. The van der Waals surface area contributed by atoms with E-state index in [0.717, 1.165) is 22.8 Å². The van der Waals surface area contributed by atoms with Crippen molar-refractivity contribution in [3.63, 3.8) is 0 Å². The highest BCUT2D eigenvalue weighted by Gasteiger charge is 2.24. The van der Waals surface area contributed by atoms with Crippen LogP contribution in [0.1, 0.15) is 44.1 Å². The average Bonchev–Trinajstić information content (AvgIpc) is 2.79. The Morgan fingerprint density at radius 2 is 1.90 bits per heavy atom. The molecule has 0 aliphatic heterocycles. The van der Waals surface area contributed by atoms with E-state index in [0.29, 0.717) is 5.02 Å². The molecular formula is C15H19Cl2N3.